The Bertz CT molecular complexity index is 1950. The van der Waals surface area contributed by atoms with Gasteiger partial charge in [0.05, 0.1) is 54.0 Å². The van der Waals surface area contributed by atoms with Crippen molar-refractivity contribution < 1.29 is 37.5 Å². The van der Waals surface area contributed by atoms with E-state index in [2.05, 4.69) is 36.5 Å². The van der Waals surface area contributed by atoms with Crippen molar-refractivity contribution in [2.75, 3.05) is 10.6 Å². The molecule has 290 valence electrons. The maximum absolute atomic E-state index is 11.1. The fourth-order valence-electron chi connectivity index (χ4n) is 5.37. The predicted octanol–water partition coefficient (Wildman–Crippen LogP) is 7.82. The lowest BCUT2D eigenvalue weighted by Crippen LogP contribution is -2.41. The molecule has 0 radical (unpaired) electrons. The van der Waals surface area contributed by atoms with E-state index in [1.165, 1.54) is 36.5 Å². The van der Waals surface area contributed by atoms with Gasteiger partial charge in [-0.05, 0) is 119 Å². The summed E-state index contributed by atoms with van der Waals surface area (Å²) < 4.78 is 39.0. The minimum atomic E-state index is -0.476. The van der Waals surface area contributed by atoms with Gasteiger partial charge in [0.25, 0.3) is 0 Å². The Morgan fingerprint density at radius 3 is 1.31 bits per heavy atom. The number of anilines is 2. The van der Waals surface area contributed by atoms with Crippen LogP contribution in [0.25, 0.3) is 20.4 Å². The first kappa shape index (κ1) is 42.7. The molecule has 0 atom stereocenters. The van der Waals surface area contributed by atoms with Crippen molar-refractivity contribution in [3.63, 3.8) is 0 Å². The second-order valence-electron chi connectivity index (χ2n) is 16.6. The average molecular weight is 843 g/mol. The van der Waals surface area contributed by atoms with Crippen molar-refractivity contribution in [1.29, 1.82) is 0 Å². The van der Waals surface area contributed by atoms with E-state index in [9.17, 15) is 9.59 Å². The van der Waals surface area contributed by atoms with Crippen LogP contribution in [0.1, 0.15) is 96.9 Å². The fraction of sp³-hybridized carbons (Fsp3) is 0.556. The van der Waals surface area contributed by atoms with Gasteiger partial charge in [-0.3, -0.25) is 9.59 Å². The van der Waals surface area contributed by atoms with E-state index >= 15 is 0 Å². The Morgan fingerprint density at radius 2 is 0.926 bits per heavy atom. The van der Waals surface area contributed by atoms with Crippen molar-refractivity contribution in [2.24, 2.45) is 0 Å². The smallest absolute Gasteiger partial charge is 0.405 e. The highest BCUT2D eigenvalue weighted by molar-refractivity contribution is 9.10. The minimum absolute atomic E-state index is 0.0943. The van der Waals surface area contributed by atoms with E-state index in [1.807, 2.05) is 119 Å². The molecule has 0 saturated carbocycles. The highest BCUT2D eigenvalue weighted by Gasteiger charge is 2.63. The Kier molecular flexibility index (Phi) is 12.0. The number of carbonyl (C=O) groups is 2. The lowest BCUT2D eigenvalue weighted by Gasteiger charge is -2.32. The van der Waals surface area contributed by atoms with E-state index < -0.39 is 14.0 Å². The molecule has 5 heterocycles. The number of rotatable bonds is 4. The normalized spacial score (nSPS) is 21.4. The molecule has 3 saturated heterocycles. The van der Waals surface area contributed by atoms with Gasteiger partial charge >= 0.3 is 21.1 Å². The molecule has 3 fully saturated rings. The molecule has 2 N–H and O–H groups in total. The topological polar surface area (TPSA) is 139 Å². The summed E-state index contributed by atoms with van der Waals surface area (Å²) >= 11 is 6.29. The summed E-state index contributed by atoms with van der Waals surface area (Å²) in [6, 6.07) is 11.7. The first-order valence-corrected chi connectivity index (χ1v) is 20.2. The van der Waals surface area contributed by atoms with Crippen LogP contribution in [-0.2, 0) is 37.5 Å². The molecule has 2 amide bonds. The van der Waals surface area contributed by atoms with Crippen LogP contribution >= 0.6 is 38.6 Å². The first-order valence-electron chi connectivity index (χ1n) is 17.8. The summed E-state index contributed by atoms with van der Waals surface area (Å²) in [6.45, 7) is 27.3. The quantitative estimate of drug-likeness (QED) is 0.196. The number of nitrogens with one attached hydrogen (secondary N) is 2. The van der Waals surface area contributed by atoms with Crippen molar-refractivity contribution in [3.05, 3.63) is 40.9 Å². The van der Waals surface area contributed by atoms with Crippen molar-refractivity contribution in [1.82, 2.24) is 9.97 Å². The van der Waals surface area contributed by atoms with Crippen molar-refractivity contribution in [3.8, 4) is 0 Å². The van der Waals surface area contributed by atoms with Crippen LogP contribution < -0.4 is 16.1 Å². The lowest BCUT2D eigenvalue weighted by atomic mass is 9.49. The van der Waals surface area contributed by atoms with Crippen LogP contribution in [0.3, 0.4) is 0 Å². The third-order valence-corrected chi connectivity index (χ3v) is 13.0. The highest BCUT2D eigenvalue weighted by atomic mass is 79.9. The molecule has 4 aromatic rings. The molecule has 18 heteroatoms. The molecule has 12 nitrogen and oxygen atoms in total. The second-order valence-corrected chi connectivity index (χ2v) is 19.6. The largest absolute Gasteiger partial charge is 0.494 e. The van der Waals surface area contributed by atoms with Gasteiger partial charge in [0.1, 0.15) is 0 Å². The highest BCUT2D eigenvalue weighted by Crippen LogP contribution is 2.43. The molecule has 2 aromatic carbocycles. The van der Waals surface area contributed by atoms with Crippen LogP contribution in [0.4, 0.5) is 10.3 Å². The standard InChI is InChI=1S/C15H19BN2O3S.C12H24B2O4.C9H7BrN2OS/c1-9(19)17-13-18-11-7-6-10(8-12(11)22-13)16-20-14(2,3)15(4,5)21-16;1-9(2)10(3,4)16-13(15-9)14-17-11(5,6)12(7,8)18-14;1-5(13)11-9-12-7-3-2-6(10)4-8(7)14-9/h6-8H,1-5H3,(H,17,18,19);1-8H3;2-4H,1H3,(H,11,12,13). The lowest BCUT2D eigenvalue weighted by molar-refractivity contribution is -0.115. The number of amides is 2. The number of halogens is 1. The molecule has 7 rings (SSSR count). The van der Waals surface area contributed by atoms with E-state index in [1.54, 1.807) is 0 Å². The molecule has 0 unspecified atom stereocenters. The second kappa shape index (κ2) is 15.2. The summed E-state index contributed by atoms with van der Waals surface area (Å²) in [5.41, 5.74) is 0.564. The number of thiazole rings is 2. The van der Waals surface area contributed by atoms with Gasteiger partial charge in [-0.2, -0.15) is 0 Å². The summed E-state index contributed by atoms with van der Waals surface area (Å²) in [6.07, 6.45) is 0. The molecule has 3 aliphatic rings. The monoisotopic (exact) mass is 842 g/mol. The van der Waals surface area contributed by atoms with Gasteiger partial charge in [-0.25, -0.2) is 9.97 Å². The number of aromatic nitrogens is 2. The molecule has 2 aromatic heterocycles. The van der Waals surface area contributed by atoms with Gasteiger partial charge in [0.15, 0.2) is 10.3 Å². The number of carbonyl (C=O) groups excluding carboxylic acids is 2. The van der Waals surface area contributed by atoms with Crippen molar-refractivity contribution >= 4 is 108 Å². The Morgan fingerprint density at radius 1 is 0.574 bits per heavy atom. The predicted molar refractivity (Wildman–Crippen MR) is 223 cm³/mol. The van der Waals surface area contributed by atoms with Gasteiger partial charge in [0.2, 0.25) is 11.8 Å². The summed E-state index contributed by atoms with van der Waals surface area (Å²) in [7, 11) is -1.34. The Hall–Kier alpha value is -2.41. The molecule has 54 heavy (non-hydrogen) atoms. The zero-order valence-corrected chi connectivity index (χ0v) is 36.8. The third-order valence-electron chi connectivity index (χ3n) is 10.6. The van der Waals surface area contributed by atoms with Gasteiger partial charge < -0.3 is 38.6 Å². The van der Waals surface area contributed by atoms with E-state index in [0.717, 1.165) is 30.4 Å². The Labute approximate surface area is 335 Å². The van der Waals surface area contributed by atoms with Crippen LogP contribution in [0, 0.1) is 0 Å². The summed E-state index contributed by atoms with van der Waals surface area (Å²) in [5.74, 6) is -0.214. The summed E-state index contributed by atoms with van der Waals surface area (Å²) in [5, 5.41) is 6.63. The summed E-state index contributed by atoms with van der Waals surface area (Å²) in [4.78, 5) is 30.6. The molecule has 3 aliphatic heterocycles. The minimum Gasteiger partial charge on any atom is -0.405 e. The molecular weight excluding hydrogens is 793 g/mol. The molecular formula is C36H50B3BrN4O8S2. The number of nitrogens with zero attached hydrogens (tertiary/aromatic N) is 2. The SMILES string of the molecule is CC(=O)Nc1nc2ccc(B3OC(C)(C)C(C)(C)O3)cc2s1.CC(=O)Nc1nc2ccc(Br)cc2s1.CC1(C)OB(B2OC(C)(C)C(C)(C)O2)OC1(C)C. The number of hydrogen-bond acceptors (Lipinski definition) is 12. The van der Waals surface area contributed by atoms with Crippen LogP contribution in [-0.4, -0.2) is 76.5 Å². The van der Waals surface area contributed by atoms with Crippen LogP contribution in [0.5, 0.6) is 0 Å². The number of fused-ring (bicyclic) bond motifs is 2. The maximum Gasteiger partial charge on any atom is 0.494 e. The van der Waals surface area contributed by atoms with E-state index in [4.69, 9.17) is 27.9 Å². The number of benzene rings is 2. The van der Waals surface area contributed by atoms with Crippen molar-refractivity contribution in [2.45, 2.75) is 131 Å². The van der Waals surface area contributed by atoms with Gasteiger partial charge in [-0.15, -0.1) is 0 Å². The van der Waals surface area contributed by atoms with E-state index in [-0.39, 0.29) is 52.5 Å². The third kappa shape index (κ3) is 9.24. The molecule has 0 aliphatic carbocycles. The van der Waals surface area contributed by atoms with E-state index in [0.29, 0.717) is 10.3 Å². The van der Waals surface area contributed by atoms with Gasteiger partial charge in [-0.1, -0.05) is 44.7 Å². The fourth-order valence-corrected chi connectivity index (χ4v) is 7.80. The first-order chi connectivity index (χ1) is 24.7. The van der Waals surface area contributed by atoms with Crippen LogP contribution in [0.15, 0.2) is 40.9 Å². The maximum atomic E-state index is 11.1. The number of hydrogen-bond donors (Lipinski definition) is 2. The zero-order valence-electron chi connectivity index (χ0n) is 33.6. The molecule has 0 spiro atoms. The Balaban J connectivity index is 0.000000160. The zero-order chi connectivity index (χ0) is 40.2. The molecule has 0 bridgehead atoms. The van der Waals surface area contributed by atoms with Gasteiger partial charge in [0, 0.05) is 18.3 Å². The van der Waals surface area contributed by atoms with Crippen LogP contribution in [0.2, 0.25) is 0 Å². The average Bonchev–Trinajstić information content (AvgIpc) is 3.75.